The summed E-state index contributed by atoms with van der Waals surface area (Å²) in [5.41, 5.74) is 2.52. The lowest BCUT2D eigenvalue weighted by Crippen LogP contribution is -2.30. The van der Waals surface area contributed by atoms with E-state index in [0.717, 1.165) is 13.1 Å². The van der Waals surface area contributed by atoms with Crippen LogP contribution in [0.2, 0.25) is 0 Å². The highest BCUT2D eigenvalue weighted by Crippen LogP contribution is 2.28. The van der Waals surface area contributed by atoms with Crippen molar-refractivity contribution in [1.82, 2.24) is 4.90 Å². The summed E-state index contributed by atoms with van der Waals surface area (Å²) in [6.45, 7) is 1.55. The van der Waals surface area contributed by atoms with E-state index in [9.17, 15) is 4.79 Å². The van der Waals surface area contributed by atoms with E-state index in [-0.39, 0.29) is 16.7 Å². The largest absolute Gasteiger partial charge is 0.341 e. The van der Waals surface area contributed by atoms with E-state index >= 15 is 0 Å². The minimum atomic E-state index is 0.231. The van der Waals surface area contributed by atoms with Crippen molar-refractivity contribution in [2.75, 3.05) is 13.1 Å². The number of hydrogen-bond acceptors (Lipinski definition) is 1. The summed E-state index contributed by atoms with van der Waals surface area (Å²) >= 11 is 3.56. The molecule has 0 aromatic heterocycles. The number of likely N-dealkylation sites (tertiary alicyclic amines) is 1. The number of carbonyl (C=O) groups excluding carboxylic acids is 1. The summed E-state index contributed by atoms with van der Waals surface area (Å²) in [5, 5.41) is 0. The summed E-state index contributed by atoms with van der Waals surface area (Å²) in [5.74, 6) is 0.475. The van der Waals surface area contributed by atoms with Gasteiger partial charge in [0, 0.05) is 30.3 Å². The first-order valence-electron chi connectivity index (χ1n) is 7.26. The third-order valence-corrected chi connectivity index (χ3v) is 4.59. The van der Waals surface area contributed by atoms with Crippen molar-refractivity contribution in [3.8, 4) is 0 Å². The molecule has 3 rings (SSSR count). The minimum absolute atomic E-state index is 0.231. The first kappa shape index (κ1) is 14.3. The Labute approximate surface area is 133 Å². The second kappa shape index (κ2) is 6.44. The average molecular weight is 344 g/mol. The van der Waals surface area contributed by atoms with Crippen LogP contribution in [-0.4, -0.2) is 28.7 Å². The fraction of sp³-hybridized carbons (Fsp3) is 0.278. The SMILES string of the molecule is O=C1CC(Br)CN1CC(c1ccccc1)c1ccccc1. The molecule has 1 atom stereocenters. The summed E-state index contributed by atoms with van der Waals surface area (Å²) in [7, 11) is 0. The zero-order valence-electron chi connectivity index (χ0n) is 11.8. The molecule has 0 radical (unpaired) electrons. The number of hydrogen-bond donors (Lipinski definition) is 0. The van der Waals surface area contributed by atoms with Gasteiger partial charge in [0.05, 0.1) is 0 Å². The van der Waals surface area contributed by atoms with E-state index in [1.165, 1.54) is 11.1 Å². The molecule has 1 fully saturated rings. The Hall–Kier alpha value is -1.61. The van der Waals surface area contributed by atoms with E-state index in [0.29, 0.717) is 6.42 Å². The van der Waals surface area contributed by atoms with Crippen molar-refractivity contribution in [2.24, 2.45) is 0 Å². The van der Waals surface area contributed by atoms with Gasteiger partial charge in [-0.05, 0) is 11.1 Å². The molecule has 1 heterocycles. The van der Waals surface area contributed by atoms with Gasteiger partial charge in [-0.15, -0.1) is 0 Å². The predicted molar refractivity (Wildman–Crippen MR) is 88.6 cm³/mol. The molecule has 2 aromatic rings. The van der Waals surface area contributed by atoms with Crippen molar-refractivity contribution in [3.63, 3.8) is 0 Å². The van der Waals surface area contributed by atoms with E-state index in [2.05, 4.69) is 64.5 Å². The zero-order valence-corrected chi connectivity index (χ0v) is 13.4. The number of carbonyl (C=O) groups is 1. The molecule has 1 aliphatic rings. The van der Waals surface area contributed by atoms with Crippen molar-refractivity contribution in [2.45, 2.75) is 17.2 Å². The van der Waals surface area contributed by atoms with E-state index in [1.807, 2.05) is 17.0 Å². The Balaban J connectivity index is 1.88. The molecule has 0 bridgehead atoms. The van der Waals surface area contributed by atoms with Crippen LogP contribution in [0, 0.1) is 0 Å². The lowest BCUT2D eigenvalue weighted by atomic mass is 9.91. The summed E-state index contributed by atoms with van der Waals surface area (Å²) in [4.78, 5) is 14.3. The molecule has 3 heteroatoms. The van der Waals surface area contributed by atoms with E-state index in [1.54, 1.807) is 0 Å². The summed E-state index contributed by atoms with van der Waals surface area (Å²) in [6, 6.07) is 20.9. The highest BCUT2D eigenvalue weighted by atomic mass is 79.9. The van der Waals surface area contributed by atoms with E-state index in [4.69, 9.17) is 0 Å². The van der Waals surface area contributed by atoms with Crippen LogP contribution in [0.15, 0.2) is 60.7 Å². The molecule has 108 valence electrons. The van der Waals surface area contributed by atoms with Crippen LogP contribution in [0.4, 0.5) is 0 Å². The molecule has 0 saturated carbocycles. The average Bonchev–Trinajstić information content (AvgIpc) is 2.84. The standard InChI is InChI=1S/C18H18BrNO/c19-16-11-18(21)20(12-16)13-17(14-7-3-1-4-8-14)15-9-5-2-6-10-15/h1-10,16-17H,11-13H2. The molecule has 1 amide bonds. The molecule has 21 heavy (non-hydrogen) atoms. The van der Waals surface area contributed by atoms with Crippen LogP contribution >= 0.6 is 15.9 Å². The van der Waals surface area contributed by atoms with Crippen molar-refractivity contribution >= 4 is 21.8 Å². The highest BCUT2D eigenvalue weighted by molar-refractivity contribution is 9.09. The molecular formula is C18H18BrNO. The number of rotatable bonds is 4. The Morgan fingerprint density at radius 3 is 1.95 bits per heavy atom. The van der Waals surface area contributed by atoms with Gasteiger partial charge in [0.15, 0.2) is 0 Å². The van der Waals surface area contributed by atoms with Crippen molar-refractivity contribution in [1.29, 1.82) is 0 Å². The topological polar surface area (TPSA) is 20.3 Å². The number of alkyl halides is 1. The summed E-state index contributed by atoms with van der Waals surface area (Å²) < 4.78 is 0. The van der Waals surface area contributed by atoms with Crippen LogP contribution in [0.25, 0.3) is 0 Å². The molecular weight excluding hydrogens is 326 g/mol. The van der Waals surface area contributed by atoms with Gasteiger partial charge in [-0.1, -0.05) is 76.6 Å². The molecule has 1 unspecified atom stereocenters. The van der Waals surface area contributed by atoms with Gasteiger partial charge in [-0.3, -0.25) is 4.79 Å². The van der Waals surface area contributed by atoms with Gasteiger partial charge in [-0.2, -0.15) is 0 Å². The molecule has 0 N–H and O–H groups in total. The highest BCUT2D eigenvalue weighted by Gasteiger charge is 2.30. The van der Waals surface area contributed by atoms with E-state index < -0.39 is 0 Å². The van der Waals surface area contributed by atoms with Gasteiger partial charge in [-0.25, -0.2) is 0 Å². The molecule has 0 spiro atoms. The normalized spacial score (nSPS) is 18.5. The Kier molecular flexibility index (Phi) is 4.39. The smallest absolute Gasteiger partial charge is 0.223 e. The van der Waals surface area contributed by atoms with Gasteiger partial charge in [0.2, 0.25) is 5.91 Å². The number of benzene rings is 2. The number of nitrogens with zero attached hydrogens (tertiary/aromatic N) is 1. The fourth-order valence-electron chi connectivity index (χ4n) is 2.89. The van der Waals surface area contributed by atoms with Crippen LogP contribution in [-0.2, 0) is 4.79 Å². The monoisotopic (exact) mass is 343 g/mol. The third-order valence-electron chi connectivity index (χ3n) is 3.97. The first-order chi connectivity index (χ1) is 10.2. The predicted octanol–water partition coefficient (Wildman–Crippen LogP) is 3.81. The minimum Gasteiger partial charge on any atom is -0.341 e. The summed E-state index contributed by atoms with van der Waals surface area (Å²) in [6.07, 6.45) is 0.607. The van der Waals surface area contributed by atoms with Crippen molar-refractivity contribution < 1.29 is 4.79 Å². The number of halogens is 1. The number of amides is 1. The van der Waals surface area contributed by atoms with Crippen LogP contribution < -0.4 is 0 Å². The van der Waals surface area contributed by atoms with Crippen LogP contribution in [0.1, 0.15) is 23.5 Å². The van der Waals surface area contributed by atoms with Gasteiger partial charge < -0.3 is 4.90 Å². The van der Waals surface area contributed by atoms with Gasteiger partial charge >= 0.3 is 0 Å². The second-order valence-corrected chi connectivity index (χ2v) is 6.77. The maximum atomic E-state index is 12.1. The molecule has 1 aliphatic heterocycles. The lowest BCUT2D eigenvalue weighted by Gasteiger charge is -2.25. The quantitative estimate of drug-likeness (QED) is 0.773. The van der Waals surface area contributed by atoms with Gasteiger partial charge in [0.1, 0.15) is 0 Å². The molecule has 2 nitrogen and oxygen atoms in total. The zero-order chi connectivity index (χ0) is 14.7. The third kappa shape index (κ3) is 3.35. The van der Waals surface area contributed by atoms with Crippen LogP contribution in [0.3, 0.4) is 0 Å². The molecule has 1 saturated heterocycles. The van der Waals surface area contributed by atoms with Gasteiger partial charge in [0.25, 0.3) is 0 Å². The van der Waals surface area contributed by atoms with Crippen LogP contribution in [0.5, 0.6) is 0 Å². The lowest BCUT2D eigenvalue weighted by molar-refractivity contribution is -0.127. The first-order valence-corrected chi connectivity index (χ1v) is 8.17. The Bertz CT molecular complexity index is 560. The maximum Gasteiger partial charge on any atom is 0.223 e. The fourth-order valence-corrected chi connectivity index (χ4v) is 3.52. The Morgan fingerprint density at radius 2 is 1.52 bits per heavy atom. The Morgan fingerprint density at radius 1 is 1.00 bits per heavy atom. The van der Waals surface area contributed by atoms with Crippen molar-refractivity contribution in [3.05, 3.63) is 71.8 Å². The maximum absolute atomic E-state index is 12.1. The second-order valence-electron chi connectivity index (χ2n) is 5.47. The molecule has 2 aromatic carbocycles. The molecule has 0 aliphatic carbocycles.